The number of aromatic nitrogens is 2. The molecule has 0 unspecified atom stereocenters. The first kappa shape index (κ1) is 29.9. The van der Waals surface area contributed by atoms with Crippen LogP contribution in [0, 0.1) is 0 Å². The summed E-state index contributed by atoms with van der Waals surface area (Å²) < 4.78 is 18.2. The van der Waals surface area contributed by atoms with Gasteiger partial charge in [-0.15, -0.1) is 0 Å². The van der Waals surface area contributed by atoms with Gasteiger partial charge in [-0.1, -0.05) is 30.3 Å². The highest BCUT2D eigenvalue weighted by molar-refractivity contribution is 5.94. The molecule has 5 aromatic rings. The Morgan fingerprint density at radius 3 is 2.30 bits per heavy atom. The number of rotatable bonds is 12. The molecular weight excluding hydrogens is 564 g/mol. The monoisotopic (exact) mass is 596 g/mol. The molecule has 0 saturated carbocycles. The van der Waals surface area contributed by atoms with E-state index < -0.39 is 17.2 Å². The quantitative estimate of drug-likeness (QED) is 0.226. The molecule has 11 heteroatoms. The third-order valence-corrected chi connectivity index (χ3v) is 7.18. The number of furan rings is 1. The lowest BCUT2D eigenvalue weighted by molar-refractivity contribution is -0.121. The van der Waals surface area contributed by atoms with Gasteiger partial charge in [-0.3, -0.25) is 23.5 Å². The number of ether oxygens (including phenoxy) is 2. The fraction of sp³-hybridized carbons (Fsp3) is 0.212. The predicted octanol–water partition coefficient (Wildman–Crippen LogP) is 3.11. The van der Waals surface area contributed by atoms with Crippen molar-refractivity contribution in [2.45, 2.75) is 26.1 Å². The number of fused-ring (bicyclic) bond motifs is 1. The Morgan fingerprint density at radius 2 is 1.57 bits per heavy atom. The van der Waals surface area contributed by atoms with Crippen LogP contribution in [0.15, 0.2) is 99.1 Å². The van der Waals surface area contributed by atoms with Crippen molar-refractivity contribution in [2.24, 2.45) is 0 Å². The van der Waals surface area contributed by atoms with E-state index in [1.807, 2.05) is 18.2 Å². The number of amides is 2. The number of nitrogens with zero attached hydrogens (tertiary/aromatic N) is 2. The Morgan fingerprint density at radius 1 is 0.818 bits per heavy atom. The minimum Gasteiger partial charge on any atom is -0.493 e. The summed E-state index contributed by atoms with van der Waals surface area (Å²) in [6, 6.07) is 22.4. The van der Waals surface area contributed by atoms with E-state index in [4.69, 9.17) is 13.9 Å². The molecule has 3 aromatic carbocycles. The molecular formula is C33H32N4O7. The van der Waals surface area contributed by atoms with Crippen LogP contribution in [0.3, 0.4) is 0 Å². The molecule has 5 rings (SSSR count). The topological polar surface area (TPSA) is 134 Å². The Kier molecular flexibility index (Phi) is 9.24. The lowest BCUT2D eigenvalue weighted by Gasteiger charge is -2.14. The van der Waals surface area contributed by atoms with Gasteiger partial charge in [0.2, 0.25) is 5.91 Å². The highest BCUT2D eigenvalue weighted by Gasteiger charge is 2.16. The fourth-order valence-corrected chi connectivity index (χ4v) is 4.86. The molecule has 0 fully saturated rings. The molecule has 0 saturated heterocycles. The predicted molar refractivity (Wildman–Crippen MR) is 164 cm³/mol. The van der Waals surface area contributed by atoms with Gasteiger partial charge >= 0.3 is 5.69 Å². The summed E-state index contributed by atoms with van der Waals surface area (Å²) in [7, 11) is 3.15. The van der Waals surface area contributed by atoms with Gasteiger partial charge in [-0.05, 0) is 66.1 Å². The van der Waals surface area contributed by atoms with Gasteiger partial charge in [0.25, 0.3) is 11.5 Å². The molecule has 2 heterocycles. The lowest BCUT2D eigenvalue weighted by atomic mass is 10.1. The van der Waals surface area contributed by atoms with E-state index in [9.17, 15) is 19.2 Å². The van der Waals surface area contributed by atoms with Crippen molar-refractivity contribution in [1.82, 2.24) is 19.8 Å². The van der Waals surface area contributed by atoms with Crippen LogP contribution in [0.25, 0.3) is 10.9 Å². The molecule has 0 spiro atoms. The molecule has 0 radical (unpaired) electrons. The third kappa shape index (κ3) is 6.73. The average molecular weight is 597 g/mol. The molecule has 11 nitrogen and oxygen atoms in total. The molecule has 226 valence electrons. The van der Waals surface area contributed by atoms with Gasteiger partial charge in [0, 0.05) is 12.1 Å². The number of hydrogen-bond donors (Lipinski definition) is 2. The molecule has 2 aromatic heterocycles. The van der Waals surface area contributed by atoms with Gasteiger partial charge in [-0.25, -0.2) is 4.79 Å². The summed E-state index contributed by atoms with van der Waals surface area (Å²) >= 11 is 0. The third-order valence-electron chi connectivity index (χ3n) is 7.18. The van der Waals surface area contributed by atoms with Gasteiger partial charge in [0.05, 0.1) is 44.5 Å². The minimum atomic E-state index is -0.612. The summed E-state index contributed by atoms with van der Waals surface area (Å²) in [6.07, 6.45) is 2.11. The van der Waals surface area contributed by atoms with Crippen LogP contribution in [-0.2, 0) is 30.8 Å². The van der Waals surface area contributed by atoms with E-state index in [2.05, 4.69) is 10.6 Å². The second kappa shape index (κ2) is 13.6. The van der Waals surface area contributed by atoms with Crippen LogP contribution in [0.1, 0.15) is 27.2 Å². The molecule has 2 amide bonds. The first-order valence-corrected chi connectivity index (χ1v) is 14.0. The number of benzene rings is 3. The zero-order valence-corrected chi connectivity index (χ0v) is 24.4. The van der Waals surface area contributed by atoms with Crippen LogP contribution in [-0.4, -0.2) is 41.7 Å². The highest BCUT2D eigenvalue weighted by Crippen LogP contribution is 2.27. The van der Waals surface area contributed by atoms with Gasteiger partial charge < -0.3 is 24.5 Å². The summed E-state index contributed by atoms with van der Waals surface area (Å²) in [4.78, 5) is 52.3. The fourth-order valence-electron chi connectivity index (χ4n) is 4.86. The second-order valence-corrected chi connectivity index (χ2v) is 10.0. The maximum Gasteiger partial charge on any atom is 0.332 e. The summed E-state index contributed by atoms with van der Waals surface area (Å²) in [5.74, 6) is 1.19. The second-order valence-electron chi connectivity index (χ2n) is 10.0. The van der Waals surface area contributed by atoms with Crippen molar-refractivity contribution < 1.29 is 23.5 Å². The van der Waals surface area contributed by atoms with Crippen molar-refractivity contribution in [2.75, 3.05) is 20.8 Å². The first-order valence-electron chi connectivity index (χ1n) is 14.0. The van der Waals surface area contributed by atoms with Crippen LogP contribution < -0.4 is 31.4 Å². The number of hydrogen-bond acceptors (Lipinski definition) is 7. The number of carbonyl (C=O) groups is 2. The minimum absolute atomic E-state index is 0.0300. The van der Waals surface area contributed by atoms with Crippen molar-refractivity contribution in [3.63, 3.8) is 0 Å². The number of carbonyl (C=O) groups excluding carboxylic acids is 2. The molecule has 2 N–H and O–H groups in total. The van der Waals surface area contributed by atoms with Crippen LogP contribution in [0.5, 0.6) is 11.5 Å². The Hall–Kier alpha value is -5.58. The van der Waals surface area contributed by atoms with Crippen molar-refractivity contribution in [3.05, 3.63) is 128 Å². The maximum absolute atomic E-state index is 13.5. The van der Waals surface area contributed by atoms with E-state index in [1.165, 1.54) is 10.8 Å². The van der Waals surface area contributed by atoms with Crippen LogP contribution in [0.2, 0.25) is 0 Å². The van der Waals surface area contributed by atoms with E-state index in [1.54, 1.807) is 74.9 Å². The SMILES string of the molecule is COc1ccc(CCNC(=O)c2ccc(Cn3c(=O)c4ccccc4n(CC(=O)NCc4ccco4)c3=O)cc2)cc1OC. The van der Waals surface area contributed by atoms with E-state index >= 15 is 0 Å². The summed E-state index contributed by atoms with van der Waals surface area (Å²) in [5, 5.41) is 5.95. The zero-order valence-electron chi connectivity index (χ0n) is 24.4. The average Bonchev–Trinajstić information content (AvgIpc) is 3.58. The van der Waals surface area contributed by atoms with Gasteiger partial charge in [-0.2, -0.15) is 0 Å². The van der Waals surface area contributed by atoms with Crippen molar-refractivity contribution in [1.29, 1.82) is 0 Å². The van der Waals surface area contributed by atoms with E-state index in [-0.39, 0.29) is 25.5 Å². The van der Waals surface area contributed by atoms with Gasteiger partial charge in [0.1, 0.15) is 12.3 Å². The first-order chi connectivity index (χ1) is 21.4. The van der Waals surface area contributed by atoms with Crippen molar-refractivity contribution in [3.8, 4) is 11.5 Å². The standard InChI is InChI=1S/C33H32N4O7/c1-42-28-14-11-22(18-29(28)43-2)15-16-34-31(39)24-12-9-23(10-13-24)20-37-32(40)26-7-3-4-8-27(26)36(33(37)41)21-30(38)35-19-25-6-5-17-44-25/h3-14,17-18H,15-16,19-21H2,1-2H3,(H,34,39)(H,35,38). The Labute approximate surface area is 252 Å². The number of methoxy groups -OCH3 is 2. The van der Waals surface area contributed by atoms with Gasteiger partial charge in [0.15, 0.2) is 11.5 Å². The van der Waals surface area contributed by atoms with Crippen LogP contribution >= 0.6 is 0 Å². The molecule has 0 bridgehead atoms. The Bertz CT molecular complexity index is 1890. The molecule has 44 heavy (non-hydrogen) atoms. The summed E-state index contributed by atoms with van der Waals surface area (Å²) in [6.45, 7) is 0.284. The Balaban J connectivity index is 1.27. The normalized spacial score (nSPS) is 10.9. The largest absolute Gasteiger partial charge is 0.493 e. The molecule has 0 aliphatic heterocycles. The zero-order chi connectivity index (χ0) is 31.1. The highest BCUT2D eigenvalue weighted by atomic mass is 16.5. The molecule has 0 atom stereocenters. The molecule has 0 aliphatic rings. The van der Waals surface area contributed by atoms with Crippen LogP contribution in [0.4, 0.5) is 0 Å². The smallest absolute Gasteiger partial charge is 0.332 e. The maximum atomic E-state index is 13.5. The number of para-hydroxylation sites is 1. The van der Waals surface area contributed by atoms with E-state index in [0.29, 0.717) is 52.3 Å². The number of nitrogens with one attached hydrogen (secondary N) is 2. The molecule has 0 aliphatic carbocycles. The summed E-state index contributed by atoms with van der Waals surface area (Å²) in [5.41, 5.74) is 1.37. The van der Waals surface area contributed by atoms with Crippen molar-refractivity contribution >= 4 is 22.7 Å². The lowest BCUT2D eigenvalue weighted by Crippen LogP contribution is -2.42. The van der Waals surface area contributed by atoms with E-state index in [0.717, 1.165) is 10.1 Å².